The summed E-state index contributed by atoms with van der Waals surface area (Å²) in [5.74, 6) is -0.219. The Morgan fingerprint density at radius 3 is 2.42 bits per heavy atom. The highest BCUT2D eigenvalue weighted by Gasteiger charge is 2.31. The van der Waals surface area contributed by atoms with Gasteiger partial charge < -0.3 is 16.0 Å². The van der Waals surface area contributed by atoms with E-state index in [0.29, 0.717) is 32.5 Å². The first-order valence-corrected chi connectivity index (χ1v) is 11.5. The highest BCUT2D eigenvalue weighted by Crippen LogP contribution is 2.26. The molecule has 2 aromatic carbocycles. The van der Waals surface area contributed by atoms with Gasteiger partial charge >= 0.3 is 0 Å². The van der Waals surface area contributed by atoms with E-state index in [2.05, 4.69) is 27.8 Å². The van der Waals surface area contributed by atoms with Crippen LogP contribution in [0.2, 0.25) is 0 Å². The lowest BCUT2D eigenvalue weighted by Gasteiger charge is -2.32. The Bertz CT molecular complexity index is 824. The minimum absolute atomic E-state index is 0.0456. The van der Waals surface area contributed by atoms with Crippen molar-refractivity contribution in [3.63, 3.8) is 0 Å². The predicted octanol–water partition coefficient (Wildman–Crippen LogP) is 4.73. The van der Waals surface area contributed by atoms with Gasteiger partial charge in [-0.25, -0.2) is 0 Å². The van der Waals surface area contributed by atoms with Crippen LogP contribution in [0, 0.1) is 0 Å². The van der Waals surface area contributed by atoms with Gasteiger partial charge in [0.2, 0.25) is 11.8 Å². The lowest BCUT2D eigenvalue weighted by molar-refractivity contribution is -0.141. The zero-order chi connectivity index (χ0) is 22.5. The van der Waals surface area contributed by atoms with Crippen LogP contribution in [0.3, 0.4) is 0 Å². The topological polar surface area (TPSA) is 75.4 Å². The highest BCUT2D eigenvalue weighted by molar-refractivity contribution is 9.10. The lowest BCUT2D eigenvalue weighted by Crippen LogP contribution is -2.43. The summed E-state index contributed by atoms with van der Waals surface area (Å²) in [5.41, 5.74) is 7.33. The molecule has 0 aliphatic rings. The second-order valence-electron chi connectivity index (χ2n) is 7.43. The number of rotatable bonds is 13. The maximum Gasteiger partial charge on any atom is 0.247 e. The van der Waals surface area contributed by atoms with Crippen molar-refractivity contribution in [3.05, 3.63) is 82.9 Å². The van der Waals surface area contributed by atoms with Crippen LogP contribution in [-0.2, 0) is 16.1 Å². The van der Waals surface area contributed by atoms with E-state index < -0.39 is 6.04 Å². The summed E-state index contributed by atoms with van der Waals surface area (Å²) in [4.78, 5) is 28.3. The average molecular weight is 486 g/mol. The molecule has 0 aliphatic heterocycles. The zero-order valence-electron chi connectivity index (χ0n) is 17.9. The molecule has 0 spiro atoms. The Labute approximate surface area is 193 Å². The van der Waals surface area contributed by atoms with Crippen LogP contribution in [0.25, 0.3) is 0 Å². The molecule has 2 rings (SSSR count). The number of nitrogens with zero attached hydrogens (tertiary/aromatic N) is 1. The number of nitrogens with one attached hydrogen (secondary N) is 1. The first-order chi connectivity index (χ1) is 15.1. The number of carbonyl (C=O) groups is 2. The van der Waals surface area contributed by atoms with Crippen molar-refractivity contribution in [2.75, 3.05) is 13.1 Å². The van der Waals surface area contributed by atoms with Crippen LogP contribution >= 0.6 is 15.9 Å². The van der Waals surface area contributed by atoms with E-state index in [1.807, 2.05) is 60.7 Å². The Morgan fingerprint density at radius 1 is 1.06 bits per heavy atom. The van der Waals surface area contributed by atoms with Crippen LogP contribution in [0.5, 0.6) is 0 Å². The smallest absolute Gasteiger partial charge is 0.247 e. The Morgan fingerprint density at radius 2 is 1.77 bits per heavy atom. The molecule has 0 fully saturated rings. The van der Waals surface area contributed by atoms with Crippen molar-refractivity contribution in [1.29, 1.82) is 0 Å². The van der Waals surface area contributed by atoms with Crippen molar-refractivity contribution in [2.24, 2.45) is 5.73 Å². The van der Waals surface area contributed by atoms with Gasteiger partial charge in [0, 0.05) is 24.0 Å². The van der Waals surface area contributed by atoms with Crippen molar-refractivity contribution in [2.45, 2.75) is 44.7 Å². The first kappa shape index (κ1) is 24.8. The molecule has 2 aromatic rings. The van der Waals surface area contributed by atoms with Gasteiger partial charge in [-0.2, -0.15) is 0 Å². The molecule has 0 radical (unpaired) electrons. The SMILES string of the molecule is C=CCCCC(=O)N(Cc1ccccc1)C(C(=O)NCCCCN)c1ccc(Br)cc1. The molecule has 0 heterocycles. The van der Waals surface area contributed by atoms with Crippen molar-refractivity contribution < 1.29 is 9.59 Å². The first-order valence-electron chi connectivity index (χ1n) is 10.7. The van der Waals surface area contributed by atoms with Crippen LogP contribution in [0.4, 0.5) is 0 Å². The molecule has 2 amide bonds. The molecule has 3 N–H and O–H groups in total. The van der Waals surface area contributed by atoms with Gasteiger partial charge in [-0.15, -0.1) is 6.58 Å². The Balaban J connectivity index is 2.34. The van der Waals surface area contributed by atoms with Gasteiger partial charge in [-0.05, 0) is 55.5 Å². The molecule has 0 bridgehead atoms. The Kier molecular flexibility index (Phi) is 11.0. The number of nitrogens with two attached hydrogens (primary N) is 1. The standard InChI is InChI=1S/C25H32BrN3O2/c1-2-3-5-12-23(30)29(19-20-10-6-4-7-11-20)24(21-13-15-22(26)16-14-21)25(31)28-18-9-8-17-27/h2,4,6-7,10-11,13-16,24H,1,3,5,8-9,12,17-19,27H2,(H,28,31). The third-order valence-corrected chi connectivity index (χ3v) is 5.52. The van der Waals surface area contributed by atoms with Gasteiger partial charge in [0.25, 0.3) is 0 Å². The van der Waals surface area contributed by atoms with E-state index >= 15 is 0 Å². The molecule has 0 aromatic heterocycles. The van der Waals surface area contributed by atoms with Gasteiger partial charge in [0.1, 0.15) is 6.04 Å². The van der Waals surface area contributed by atoms with Crippen molar-refractivity contribution in [3.8, 4) is 0 Å². The lowest BCUT2D eigenvalue weighted by atomic mass is 10.0. The van der Waals surface area contributed by atoms with Crippen LogP contribution < -0.4 is 11.1 Å². The fourth-order valence-electron chi connectivity index (χ4n) is 3.34. The monoisotopic (exact) mass is 485 g/mol. The van der Waals surface area contributed by atoms with E-state index in [-0.39, 0.29) is 11.8 Å². The normalized spacial score (nSPS) is 11.5. The number of hydrogen-bond acceptors (Lipinski definition) is 3. The quantitative estimate of drug-likeness (QED) is 0.318. The minimum Gasteiger partial charge on any atom is -0.354 e. The van der Waals surface area contributed by atoms with E-state index in [9.17, 15) is 9.59 Å². The van der Waals surface area contributed by atoms with Crippen molar-refractivity contribution in [1.82, 2.24) is 10.2 Å². The molecule has 0 aliphatic carbocycles. The van der Waals surface area contributed by atoms with E-state index in [0.717, 1.165) is 34.9 Å². The number of allylic oxidation sites excluding steroid dienone is 1. The molecule has 5 nitrogen and oxygen atoms in total. The summed E-state index contributed by atoms with van der Waals surface area (Å²) in [5, 5.41) is 3.00. The summed E-state index contributed by atoms with van der Waals surface area (Å²) < 4.78 is 0.922. The number of amides is 2. The van der Waals surface area contributed by atoms with Crippen LogP contribution in [-0.4, -0.2) is 29.8 Å². The number of carbonyl (C=O) groups excluding carboxylic acids is 2. The molecular weight excluding hydrogens is 454 g/mol. The maximum atomic E-state index is 13.3. The predicted molar refractivity (Wildman–Crippen MR) is 129 cm³/mol. The fourth-order valence-corrected chi connectivity index (χ4v) is 3.60. The maximum absolute atomic E-state index is 13.3. The van der Waals surface area contributed by atoms with E-state index in [1.165, 1.54) is 0 Å². The molecule has 1 unspecified atom stereocenters. The van der Waals surface area contributed by atoms with Crippen LogP contribution in [0.1, 0.15) is 49.3 Å². The molecular formula is C25H32BrN3O2. The number of hydrogen-bond donors (Lipinski definition) is 2. The molecule has 31 heavy (non-hydrogen) atoms. The summed E-state index contributed by atoms with van der Waals surface area (Å²) >= 11 is 3.45. The molecule has 0 saturated heterocycles. The molecule has 0 saturated carbocycles. The van der Waals surface area contributed by atoms with E-state index in [1.54, 1.807) is 4.90 Å². The minimum atomic E-state index is -0.706. The summed E-state index contributed by atoms with van der Waals surface area (Å²) in [7, 11) is 0. The van der Waals surface area contributed by atoms with Gasteiger partial charge in [-0.3, -0.25) is 9.59 Å². The summed E-state index contributed by atoms with van der Waals surface area (Å²) in [6.45, 7) is 5.23. The summed E-state index contributed by atoms with van der Waals surface area (Å²) in [6, 6.07) is 16.6. The molecule has 166 valence electrons. The molecule has 1 atom stereocenters. The second kappa shape index (κ2) is 13.8. The number of halogens is 1. The van der Waals surface area contributed by atoms with Gasteiger partial charge in [0.05, 0.1) is 0 Å². The third kappa shape index (κ3) is 8.31. The van der Waals surface area contributed by atoms with Crippen LogP contribution in [0.15, 0.2) is 71.7 Å². The van der Waals surface area contributed by atoms with Crippen molar-refractivity contribution >= 4 is 27.7 Å². The second-order valence-corrected chi connectivity index (χ2v) is 8.34. The molecule has 6 heteroatoms. The highest BCUT2D eigenvalue weighted by atomic mass is 79.9. The number of unbranched alkanes of at least 4 members (excludes halogenated alkanes) is 2. The number of benzene rings is 2. The average Bonchev–Trinajstić information content (AvgIpc) is 2.78. The third-order valence-electron chi connectivity index (χ3n) is 4.99. The fraction of sp³-hybridized carbons (Fsp3) is 0.360. The summed E-state index contributed by atoms with van der Waals surface area (Å²) in [6.07, 6.45) is 5.30. The van der Waals surface area contributed by atoms with E-state index in [4.69, 9.17) is 5.73 Å². The van der Waals surface area contributed by atoms with Gasteiger partial charge in [0.15, 0.2) is 0 Å². The Hall–Kier alpha value is -2.44. The zero-order valence-corrected chi connectivity index (χ0v) is 19.5. The van der Waals surface area contributed by atoms with Gasteiger partial charge in [-0.1, -0.05) is 64.5 Å². The largest absolute Gasteiger partial charge is 0.354 e.